The summed E-state index contributed by atoms with van der Waals surface area (Å²) in [5.74, 6) is -0.392. The average molecular weight is 321 g/mol. The summed E-state index contributed by atoms with van der Waals surface area (Å²) >= 11 is 0. The van der Waals surface area contributed by atoms with Crippen LogP contribution in [-0.2, 0) is 19.5 Å². The molecule has 21 heavy (non-hydrogen) atoms. The Bertz CT molecular complexity index is 579. The van der Waals surface area contributed by atoms with Crippen LogP contribution < -0.4 is 0 Å². The van der Waals surface area contributed by atoms with Crippen LogP contribution >= 0.6 is 0 Å². The lowest BCUT2D eigenvalue weighted by molar-refractivity contribution is -0.132. The van der Waals surface area contributed by atoms with Crippen LogP contribution in [0.4, 0.5) is 4.79 Å². The van der Waals surface area contributed by atoms with Crippen molar-refractivity contribution in [3.63, 3.8) is 0 Å². The minimum absolute atomic E-state index is 0.137. The minimum atomic E-state index is -4.79. The fourth-order valence-corrected chi connectivity index (χ4v) is 3.77. The van der Waals surface area contributed by atoms with Gasteiger partial charge in [0.1, 0.15) is 6.04 Å². The summed E-state index contributed by atoms with van der Waals surface area (Å²) in [7, 11) is -4.79. The molecule has 3 heterocycles. The fraction of sp³-hybridized carbons (Fsp3) is 0.800. The molecular formula is C10H15N3O7S. The molecule has 3 aliphatic heterocycles. The molecule has 2 N–H and O–H groups in total. The molecule has 0 saturated carbocycles. The average Bonchev–Trinajstić information content (AvgIpc) is 2.81. The van der Waals surface area contributed by atoms with Crippen molar-refractivity contribution in [2.75, 3.05) is 26.2 Å². The summed E-state index contributed by atoms with van der Waals surface area (Å²) in [6.45, 7) is 0.641. The highest BCUT2D eigenvalue weighted by atomic mass is 32.3. The molecule has 3 rings (SSSR count). The van der Waals surface area contributed by atoms with Gasteiger partial charge >= 0.3 is 16.4 Å². The summed E-state index contributed by atoms with van der Waals surface area (Å²) in [5, 5.41) is 9.56. The van der Waals surface area contributed by atoms with Crippen LogP contribution in [0.1, 0.15) is 6.42 Å². The Kier molecular flexibility index (Phi) is 3.31. The summed E-state index contributed by atoms with van der Waals surface area (Å²) in [4.78, 5) is 27.2. The predicted molar refractivity (Wildman–Crippen MR) is 65.9 cm³/mol. The van der Waals surface area contributed by atoms with E-state index in [1.807, 2.05) is 0 Å². The molecule has 10 nitrogen and oxygen atoms in total. The van der Waals surface area contributed by atoms with Crippen LogP contribution in [0.25, 0.3) is 0 Å². The highest BCUT2D eigenvalue weighted by Gasteiger charge is 2.57. The van der Waals surface area contributed by atoms with Crippen LogP contribution in [-0.4, -0.2) is 83.2 Å². The van der Waals surface area contributed by atoms with E-state index >= 15 is 0 Å². The van der Waals surface area contributed by atoms with Gasteiger partial charge in [0.05, 0.1) is 12.6 Å². The van der Waals surface area contributed by atoms with E-state index in [0.717, 1.165) is 0 Å². The molecule has 3 amide bonds. The Labute approximate surface area is 120 Å². The predicted octanol–water partition coefficient (Wildman–Crippen LogP) is -1.95. The second-order valence-electron chi connectivity index (χ2n) is 5.37. The van der Waals surface area contributed by atoms with Crippen LogP contribution in [0.5, 0.6) is 0 Å². The lowest BCUT2D eigenvalue weighted by atomic mass is 9.91. The van der Waals surface area contributed by atoms with Gasteiger partial charge in [-0.3, -0.25) is 9.35 Å². The number of hydrogen-bond acceptors (Lipinski definition) is 6. The number of carbonyl (C=O) groups is 2. The Morgan fingerprint density at radius 2 is 2.00 bits per heavy atom. The zero-order chi connectivity index (χ0) is 15.4. The highest BCUT2D eigenvalue weighted by Crippen LogP contribution is 2.38. The molecule has 3 atom stereocenters. The minimum Gasteiger partial charge on any atom is -0.395 e. The number of aliphatic hydroxyl groups excluding tert-OH is 1. The van der Waals surface area contributed by atoms with E-state index in [2.05, 4.69) is 4.28 Å². The maximum atomic E-state index is 12.2. The van der Waals surface area contributed by atoms with E-state index in [4.69, 9.17) is 9.66 Å². The summed E-state index contributed by atoms with van der Waals surface area (Å²) in [6.07, 6.45) is 0.399. The Hall–Kier alpha value is -1.43. The number of fused-ring (bicyclic) bond motifs is 4. The third-order valence-corrected chi connectivity index (χ3v) is 4.44. The Morgan fingerprint density at radius 3 is 2.62 bits per heavy atom. The first-order valence-corrected chi connectivity index (χ1v) is 7.85. The quantitative estimate of drug-likeness (QED) is 0.576. The van der Waals surface area contributed by atoms with Crippen molar-refractivity contribution in [1.29, 1.82) is 0 Å². The summed E-state index contributed by atoms with van der Waals surface area (Å²) in [5.41, 5.74) is 0. The number of piperidine rings is 1. The monoisotopic (exact) mass is 321 g/mol. The topological polar surface area (TPSA) is 128 Å². The van der Waals surface area contributed by atoms with Crippen LogP contribution in [0.15, 0.2) is 0 Å². The van der Waals surface area contributed by atoms with E-state index in [-0.39, 0.29) is 31.5 Å². The van der Waals surface area contributed by atoms with Gasteiger partial charge < -0.3 is 14.9 Å². The lowest BCUT2D eigenvalue weighted by Gasteiger charge is -2.30. The normalized spacial score (nSPS) is 32.1. The van der Waals surface area contributed by atoms with E-state index in [9.17, 15) is 18.0 Å². The number of urea groups is 1. The maximum absolute atomic E-state index is 12.2. The van der Waals surface area contributed by atoms with E-state index in [0.29, 0.717) is 18.0 Å². The van der Waals surface area contributed by atoms with Crippen molar-refractivity contribution in [1.82, 2.24) is 14.9 Å². The first-order valence-electron chi connectivity index (χ1n) is 6.48. The smallest absolute Gasteiger partial charge is 0.395 e. The molecule has 0 aromatic carbocycles. The van der Waals surface area contributed by atoms with Gasteiger partial charge in [-0.1, -0.05) is 0 Å². The van der Waals surface area contributed by atoms with Crippen molar-refractivity contribution < 1.29 is 31.9 Å². The maximum Gasteiger partial charge on any atom is 0.418 e. The second-order valence-corrected chi connectivity index (χ2v) is 6.37. The van der Waals surface area contributed by atoms with Crippen LogP contribution in [0, 0.1) is 5.92 Å². The molecule has 11 heteroatoms. The van der Waals surface area contributed by atoms with Crippen molar-refractivity contribution in [2.24, 2.45) is 5.92 Å². The number of amides is 3. The number of nitrogens with zero attached hydrogens (tertiary/aromatic N) is 3. The van der Waals surface area contributed by atoms with Gasteiger partial charge in [-0.15, -0.1) is 4.28 Å². The van der Waals surface area contributed by atoms with Crippen LogP contribution in [0.2, 0.25) is 0 Å². The van der Waals surface area contributed by atoms with E-state index in [1.165, 1.54) is 9.80 Å². The Morgan fingerprint density at radius 1 is 1.29 bits per heavy atom. The van der Waals surface area contributed by atoms with Crippen molar-refractivity contribution in [3.8, 4) is 0 Å². The highest BCUT2D eigenvalue weighted by molar-refractivity contribution is 7.80. The molecule has 0 radical (unpaired) electrons. The van der Waals surface area contributed by atoms with Gasteiger partial charge in [0.15, 0.2) is 0 Å². The third kappa shape index (κ3) is 2.35. The Balaban J connectivity index is 1.81. The molecule has 0 aromatic heterocycles. The summed E-state index contributed by atoms with van der Waals surface area (Å²) < 4.78 is 34.6. The first-order chi connectivity index (χ1) is 9.81. The van der Waals surface area contributed by atoms with Crippen molar-refractivity contribution in [2.45, 2.75) is 18.5 Å². The zero-order valence-electron chi connectivity index (χ0n) is 11.0. The standard InChI is InChI=1S/C10H15N3O7S/c14-2-1-11-4-6-3-7-5-12(8(6)9(11)15)10(16)13(7)20-21(17,18)19/h6-8,14H,1-5H2,(H,17,18,19). The first kappa shape index (κ1) is 14.5. The molecule has 3 aliphatic rings. The number of hydrogen-bond donors (Lipinski definition) is 2. The van der Waals surface area contributed by atoms with Crippen molar-refractivity contribution in [3.05, 3.63) is 0 Å². The molecule has 118 valence electrons. The number of carbonyl (C=O) groups excluding carboxylic acids is 2. The molecule has 0 spiro atoms. The van der Waals surface area contributed by atoms with E-state index < -0.39 is 28.5 Å². The largest absolute Gasteiger partial charge is 0.418 e. The van der Waals surface area contributed by atoms with Gasteiger partial charge in [0.2, 0.25) is 5.91 Å². The lowest BCUT2D eigenvalue weighted by Crippen LogP contribution is -2.48. The van der Waals surface area contributed by atoms with E-state index in [1.54, 1.807) is 0 Å². The molecule has 0 aromatic rings. The van der Waals surface area contributed by atoms with Gasteiger partial charge in [0.25, 0.3) is 0 Å². The van der Waals surface area contributed by atoms with Gasteiger partial charge in [-0.25, -0.2) is 4.79 Å². The van der Waals surface area contributed by atoms with Crippen LogP contribution in [0.3, 0.4) is 0 Å². The number of aliphatic hydroxyl groups is 1. The zero-order valence-corrected chi connectivity index (χ0v) is 11.8. The van der Waals surface area contributed by atoms with Gasteiger partial charge in [-0.05, 0) is 6.42 Å². The SMILES string of the molecule is O=C1C2C(CC3CN2C(=O)N3OS(=O)(=O)O)CN1CCO. The molecule has 3 saturated heterocycles. The molecular weight excluding hydrogens is 306 g/mol. The van der Waals surface area contributed by atoms with Crippen molar-refractivity contribution >= 4 is 22.3 Å². The third-order valence-electron chi connectivity index (χ3n) is 4.09. The van der Waals surface area contributed by atoms with Gasteiger partial charge in [0, 0.05) is 25.6 Å². The molecule has 0 aliphatic carbocycles. The number of hydroxylamine groups is 2. The van der Waals surface area contributed by atoms with Gasteiger partial charge in [-0.2, -0.15) is 13.5 Å². The molecule has 3 unspecified atom stereocenters. The summed E-state index contributed by atoms with van der Waals surface area (Å²) in [6, 6.07) is -1.93. The fourth-order valence-electron chi connectivity index (χ4n) is 3.38. The number of β-amino-alcohol motifs (C(OH)–C–C–N with tert-alkyl or cyclic N) is 1. The molecule has 2 bridgehead atoms. The number of likely N-dealkylation sites (tertiary alicyclic amines) is 1. The number of rotatable bonds is 4. The second kappa shape index (κ2) is 4.80. The molecule has 3 fully saturated rings.